The Morgan fingerprint density at radius 1 is 1.13 bits per heavy atom. The van der Waals surface area contributed by atoms with Gasteiger partial charge in [-0.25, -0.2) is 4.79 Å². The molecule has 0 saturated heterocycles. The molecule has 0 radical (unpaired) electrons. The Labute approximate surface area is 173 Å². The summed E-state index contributed by atoms with van der Waals surface area (Å²) in [7, 11) is 0. The van der Waals surface area contributed by atoms with Crippen molar-refractivity contribution in [3.8, 4) is 5.75 Å². The first-order valence-electron chi connectivity index (χ1n) is 9.76. The van der Waals surface area contributed by atoms with Crippen LogP contribution < -0.4 is 21.0 Å². The van der Waals surface area contributed by atoms with E-state index < -0.39 is 6.10 Å². The molecular formula is C23H22N2O5. The van der Waals surface area contributed by atoms with Gasteiger partial charge in [-0.1, -0.05) is 6.07 Å². The molecule has 0 aliphatic carbocycles. The topological polar surface area (TPSA) is 97.6 Å². The molecule has 3 aromatic rings. The van der Waals surface area contributed by atoms with Crippen LogP contribution in [0.1, 0.15) is 34.0 Å². The average Bonchev–Trinajstić information content (AvgIpc) is 2.72. The Hall–Kier alpha value is -3.61. The summed E-state index contributed by atoms with van der Waals surface area (Å²) in [5.74, 6) is -0.0750. The number of hydrogen-bond acceptors (Lipinski definition) is 5. The second kappa shape index (κ2) is 7.67. The van der Waals surface area contributed by atoms with E-state index >= 15 is 0 Å². The van der Waals surface area contributed by atoms with E-state index in [1.807, 2.05) is 19.1 Å². The van der Waals surface area contributed by atoms with Crippen molar-refractivity contribution in [2.24, 2.45) is 0 Å². The third-order valence-corrected chi connectivity index (χ3v) is 5.41. The molecule has 1 aromatic heterocycles. The second-order valence-corrected chi connectivity index (χ2v) is 7.42. The van der Waals surface area contributed by atoms with Crippen LogP contribution in [0.5, 0.6) is 5.75 Å². The Balaban J connectivity index is 1.50. The summed E-state index contributed by atoms with van der Waals surface area (Å²) >= 11 is 0. The molecule has 1 atom stereocenters. The van der Waals surface area contributed by atoms with Gasteiger partial charge in [-0.05, 0) is 62.6 Å². The van der Waals surface area contributed by atoms with E-state index in [9.17, 15) is 14.4 Å². The highest BCUT2D eigenvalue weighted by molar-refractivity contribution is 6.00. The lowest BCUT2D eigenvalue weighted by Crippen LogP contribution is -2.32. The van der Waals surface area contributed by atoms with Gasteiger partial charge in [0.15, 0.2) is 6.10 Å². The zero-order valence-electron chi connectivity index (χ0n) is 17.0. The van der Waals surface area contributed by atoms with Crippen LogP contribution in [0.15, 0.2) is 45.6 Å². The Kier molecular flexibility index (Phi) is 5.03. The van der Waals surface area contributed by atoms with Gasteiger partial charge in [0, 0.05) is 34.8 Å². The Morgan fingerprint density at radius 2 is 1.93 bits per heavy atom. The molecular weight excluding hydrogens is 384 g/mol. The minimum absolute atomic E-state index is 0.139. The molecule has 154 valence electrons. The van der Waals surface area contributed by atoms with Gasteiger partial charge in [-0.15, -0.1) is 0 Å². The summed E-state index contributed by atoms with van der Waals surface area (Å²) in [4.78, 5) is 36.5. The highest BCUT2D eigenvalue weighted by atomic mass is 16.5. The summed E-state index contributed by atoms with van der Waals surface area (Å²) in [6, 6.07) is 10.5. The van der Waals surface area contributed by atoms with E-state index in [0.717, 1.165) is 22.9 Å². The molecule has 1 aliphatic heterocycles. The fraction of sp³-hybridized carbons (Fsp3) is 0.261. The lowest BCUT2D eigenvalue weighted by atomic mass is 10.00. The number of carbonyl (C=O) groups excluding carboxylic acids is 2. The quantitative estimate of drug-likeness (QED) is 0.649. The van der Waals surface area contributed by atoms with E-state index in [1.165, 1.54) is 0 Å². The third kappa shape index (κ3) is 3.66. The number of carbonyl (C=O) groups is 2. The first kappa shape index (κ1) is 19.7. The van der Waals surface area contributed by atoms with Crippen molar-refractivity contribution >= 4 is 28.5 Å². The molecule has 2 aromatic carbocycles. The molecule has 0 spiro atoms. The van der Waals surface area contributed by atoms with Gasteiger partial charge in [0.2, 0.25) is 0 Å². The summed E-state index contributed by atoms with van der Waals surface area (Å²) in [6.45, 7) is 5.83. The predicted molar refractivity (Wildman–Crippen MR) is 113 cm³/mol. The van der Waals surface area contributed by atoms with Crippen LogP contribution in [0.25, 0.3) is 11.0 Å². The Morgan fingerprint density at radius 3 is 2.73 bits per heavy atom. The fourth-order valence-electron chi connectivity index (χ4n) is 3.49. The second-order valence-electron chi connectivity index (χ2n) is 7.42. The zero-order chi connectivity index (χ0) is 21.4. The van der Waals surface area contributed by atoms with Crippen molar-refractivity contribution in [3.63, 3.8) is 0 Å². The number of aryl methyl sites for hydroxylation is 1. The molecule has 1 unspecified atom stereocenters. The van der Waals surface area contributed by atoms with Crippen molar-refractivity contribution in [3.05, 3.63) is 69.1 Å². The van der Waals surface area contributed by atoms with Crippen LogP contribution in [0.3, 0.4) is 0 Å². The van der Waals surface area contributed by atoms with E-state index in [1.54, 1.807) is 38.1 Å². The van der Waals surface area contributed by atoms with Gasteiger partial charge in [-0.3, -0.25) is 9.59 Å². The van der Waals surface area contributed by atoms with E-state index in [0.29, 0.717) is 34.7 Å². The molecule has 7 heteroatoms. The molecule has 4 rings (SSSR count). The number of anilines is 1. The minimum atomic E-state index is -0.800. The van der Waals surface area contributed by atoms with Crippen molar-refractivity contribution in [2.75, 3.05) is 11.9 Å². The Bertz CT molecular complexity index is 1230. The SMILES string of the molecule is Cc1c(C)c2ccc(OC(C)C(=O)Nc3ccc4c(c3)C(=O)NCC4)cc2oc1=O. The first-order valence-corrected chi connectivity index (χ1v) is 9.76. The summed E-state index contributed by atoms with van der Waals surface area (Å²) in [5, 5.41) is 6.39. The monoisotopic (exact) mass is 406 g/mol. The van der Waals surface area contributed by atoms with Gasteiger partial charge >= 0.3 is 5.63 Å². The highest BCUT2D eigenvalue weighted by Gasteiger charge is 2.20. The van der Waals surface area contributed by atoms with E-state index in [-0.39, 0.29) is 17.4 Å². The van der Waals surface area contributed by atoms with E-state index in [2.05, 4.69) is 10.6 Å². The average molecular weight is 406 g/mol. The molecule has 1 aliphatic rings. The number of amides is 2. The maximum Gasteiger partial charge on any atom is 0.339 e. The number of benzene rings is 2. The minimum Gasteiger partial charge on any atom is -0.481 e. The molecule has 30 heavy (non-hydrogen) atoms. The molecule has 0 fully saturated rings. The lowest BCUT2D eigenvalue weighted by molar-refractivity contribution is -0.122. The fourth-order valence-corrected chi connectivity index (χ4v) is 3.49. The van der Waals surface area contributed by atoms with Crippen LogP contribution >= 0.6 is 0 Å². The first-order chi connectivity index (χ1) is 14.3. The van der Waals surface area contributed by atoms with Gasteiger partial charge in [0.25, 0.3) is 11.8 Å². The van der Waals surface area contributed by atoms with Crippen LogP contribution in [-0.4, -0.2) is 24.5 Å². The number of rotatable bonds is 4. The lowest BCUT2D eigenvalue weighted by Gasteiger charge is -2.19. The maximum absolute atomic E-state index is 12.6. The van der Waals surface area contributed by atoms with Crippen LogP contribution in [0, 0.1) is 13.8 Å². The van der Waals surface area contributed by atoms with Crippen molar-refractivity contribution in [2.45, 2.75) is 33.3 Å². The van der Waals surface area contributed by atoms with Gasteiger partial charge in [-0.2, -0.15) is 0 Å². The summed E-state index contributed by atoms with van der Waals surface area (Å²) < 4.78 is 11.1. The standard InChI is InChI=1S/C23H22N2O5/c1-12-13(2)23(28)30-20-11-17(6-7-18(12)20)29-14(3)21(26)25-16-5-4-15-8-9-24-22(27)19(15)10-16/h4-7,10-11,14H,8-9H2,1-3H3,(H,24,27)(H,25,26). The molecule has 2 amide bonds. The van der Waals surface area contributed by atoms with Gasteiger partial charge in [0.1, 0.15) is 11.3 Å². The molecule has 2 heterocycles. The third-order valence-electron chi connectivity index (χ3n) is 5.41. The van der Waals surface area contributed by atoms with Crippen LogP contribution in [0.4, 0.5) is 5.69 Å². The van der Waals surface area contributed by atoms with Crippen LogP contribution in [-0.2, 0) is 11.2 Å². The van der Waals surface area contributed by atoms with E-state index in [4.69, 9.17) is 9.15 Å². The predicted octanol–water partition coefficient (Wildman–Crippen LogP) is 3.10. The van der Waals surface area contributed by atoms with Crippen molar-refractivity contribution < 1.29 is 18.7 Å². The smallest absolute Gasteiger partial charge is 0.339 e. The molecule has 2 N–H and O–H groups in total. The largest absolute Gasteiger partial charge is 0.481 e. The van der Waals surface area contributed by atoms with Crippen molar-refractivity contribution in [1.82, 2.24) is 5.32 Å². The maximum atomic E-state index is 12.6. The van der Waals surface area contributed by atoms with Gasteiger partial charge in [0.05, 0.1) is 0 Å². The zero-order valence-corrected chi connectivity index (χ0v) is 17.0. The van der Waals surface area contributed by atoms with Crippen molar-refractivity contribution in [1.29, 1.82) is 0 Å². The number of hydrogen-bond donors (Lipinski definition) is 2. The molecule has 0 bridgehead atoms. The molecule has 0 saturated carbocycles. The van der Waals surface area contributed by atoms with Crippen LogP contribution in [0.2, 0.25) is 0 Å². The highest BCUT2D eigenvalue weighted by Crippen LogP contribution is 2.25. The number of fused-ring (bicyclic) bond motifs is 2. The summed E-state index contributed by atoms with van der Waals surface area (Å²) in [5.41, 5.74) is 3.51. The normalized spacial score (nSPS) is 14.0. The number of ether oxygens (including phenoxy) is 1. The number of nitrogens with one attached hydrogen (secondary N) is 2. The summed E-state index contributed by atoms with van der Waals surface area (Å²) in [6.07, 6.45) is -0.0306. The van der Waals surface area contributed by atoms with Gasteiger partial charge < -0.3 is 19.8 Å². The molecule has 7 nitrogen and oxygen atoms in total.